The normalized spacial score (nSPS) is 10.3. The zero-order valence-electron chi connectivity index (χ0n) is 11.9. The maximum absolute atomic E-state index is 11.6. The van der Waals surface area contributed by atoms with E-state index in [2.05, 4.69) is 10.6 Å². The average molecular weight is 301 g/mol. The molecule has 0 radical (unpaired) electrons. The van der Waals surface area contributed by atoms with Gasteiger partial charge in [-0.15, -0.1) is 0 Å². The molecule has 6 heteroatoms. The Morgan fingerprint density at radius 2 is 2.20 bits per heavy atom. The van der Waals surface area contributed by atoms with Crippen molar-refractivity contribution < 1.29 is 14.3 Å². The number of nitrogens with one attached hydrogen (secondary N) is 2. The van der Waals surface area contributed by atoms with Crippen molar-refractivity contribution in [3.63, 3.8) is 0 Å². The van der Waals surface area contributed by atoms with Crippen molar-refractivity contribution in [1.29, 1.82) is 0 Å². The zero-order chi connectivity index (χ0) is 14.8. The minimum atomic E-state index is -0.198. The summed E-state index contributed by atoms with van der Waals surface area (Å²) in [5.41, 5.74) is 0.934. The van der Waals surface area contributed by atoms with Gasteiger partial charge in [-0.05, 0) is 12.6 Å². The molecule has 0 aromatic heterocycles. The van der Waals surface area contributed by atoms with E-state index in [1.54, 1.807) is 13.2 Å². The number of carbonyl (C=O) groups is 1. The molecule has 0 unspecified atom stereocenters. The summed E-state index contributed by atoms with van der Waals surface area (Å²) in [4.78, 5) is 11.6. The average Bonchev–Trinajstić information content (AvgIpc) is 2.44. The molecular formula is C14H21ClN2O3. The van der Waals surface area contributed by atoms with Crippen LogP contribution in [0.15, 0.2) is 18.2 Å². The van der Waals surface area contributed by atoms with Gasteiger partial charge in [-0.3, -0.25) is 4.79 Å². The first-order chi connectivity index (χ1) is 9.69. The summed E-state index contributed by atoms with van der Waals surface area (Å²) in [7, 11) is 1.58. The molecule has 0 saturated carbocycles. The molecule has 0 spiro atoms. The van der Waals surface area contributed by atoms with Crippen LogP contribution in [0.1, 0.15) is 12.5 Å². The van der Waals surface area contributed by atoms with E-state index in [0.29, 0.717) is 30.5 Å². The van der Waals surface area contributed by atoms with Gasteiger partial charge in [0.1, 0.15) is 5.75 Å². The molecule has 0 aliphatic carbocycles. The van der Waals surface area contributed by atoms with E-state index in [9.17, 15) is 4.79 Å². The standard InChI is InChI=1S/C14H21ClN2O3/c1-3-16-9-11-5-4-6-12(15)14(11)20-10-13(18)17-7-8-19-2/h4-6,16H,3,7-10H2,1-2H3,(H,17,18). The minimum absolute atomic E-state index is 0.0629. The number of ether oxygens (including phenoxy) is 2. The Hall–Kier alpha value is -1.30. The highest BCUT2D eigenvalue weighted by molar-refractivity contribution is 6.32. The topological polar surface area (TPSA) is 59.6 Å². The summed E-state index contributed by atoms with van der Waals surface area (Å²) < 4.78 is 10.4. The third kappa shape index (κ3) is 5.77. The molecule has 0 fully saturated rings. The van der Waals surface area contributed by atoms with Crippen molar-refractivity contribution in [1.82, 2.24) is 10.6 Å². The maximum atomic E-state index is 11.6. The monoisotopic (exact) mass is 300 g/mol. The summed E-state index contributed by atoms with van der Waals surface area (Å²) >= 11 is 6.11. The predicted molar refractivity (Wildman–Crippen MR) is 79.2 cm³/mol. The molecule has 20 heavy (non-hydrogen) atoms. The second-order valence-corrected chi connectivity index (χ2v) is 4.55. The van der Waals surface area contributed by atoms with Gasteiger partial charge in [0.15, 0.2) is 6.61 Å². The largest absolute Gasteiger partial charge is 0.482 e. The van der Waals surface area contributed by atoms with Gasteiger partial charge < -0.3 is 20.1 Å². The molecule has 0 aliphatic rings. The van der Waals surface area contributed by atoms with Crippen molar-refractivity contribution in [3.05, 3.63) is 28.8 Å². The Bertz CT molecular complexity index is 427. The second kappa shape index (κ2) is 9.58. The number of halogens is 1. The van der Waals surface area contributed by atoms with Crippen LogP contribution in [0.4, 0.5) is 0 Å². The summed E-state index contributed by atoms with van der Waals surface area (Å²) in [6, 6.07) is 5.53. The Labute approximate surface area is 124 Å². The van der Waals surface area contributed by atoms with Crippen LogP contribution in [0.5, 0.6) is 5.75 Å². The second-order valence-electron chi connectivity index (χ2n) is 4.14. The maximum Gasteiger partial charge on any atom is 0.258 e. The van der Waals surface area contributed by atoms with Crippen LogP contribution >= 0.6 is 11.6 Å². The van der Waals surface area contributed by atoms with Crippen LogP contribution in [0, 0.1) is 0 Å². The van der Waals surface area contributed by atoms with Gasteiger partial charge in [0.25, 0.3) is 5.91 Å². The summed E-state index contributed by atoms with van der Waals surface area (Å²) in [5, 5.41) is 6.40. The molecule has 1 amide bonds. The van der Waals surface area contributed by atoms with Gasteiger partial charge in [0, 0.05) is 25.8 Å². The Morgan fingerprint density at radius 3 is 2.90 bits per heavy atom. The van der Waals surface area contributed by atoms with Gasteiger partial charge in [0.05, 0.1) is 11.6 Å². The number of para-hydroxylation sites is 1. The molecule has 0 aliphatic heterocycles. The SMILES string of the molecule is CCNCc1cccc(Cl)c1OCC(=O)NCCOC. The lowest BCUT2D eigenvalue weighted by Crippen LogP contribution is -2.31. The van der Waals surface area contributed by atoms with Gasteiger partial charge >= 0.3 is 0 Å². The Balaban J connectivity index is 2.55. The van der Waals surface area contributed by atoms with Crippen LogP contribution in [0.3, 0.4) is 0 Å². The molecule has 0 bridgehead atoms. The molecule has 112 valence electrons. The number of benzene rings is 1. The van der Waals surface area contributed by atoms with Crippen LogP contribution in [0.25, 0.3) is 0 Å². The Kier molecular flexibility index (Phi) is 8.02. The zero-order valence-corrected chi connectivity index (χ0v) is 12.6. The Morgan fingerprint density at radius 1 is 1.40 bits per heavy atom. The summed E-state index contributed by atoms with van der Waals surface area (Å²) in [5.74, 6) is 0.355. The molecule has 1 rings (SSSR count). The lowest BCUT2D eigenvalue weighted by Gasteiger charge is -2.13. The van der Waals surface area contributed by atoms with Crippen LogP contribution in [0.2, 0.25) is 5.02 Å². The molecule has 1 aromatic carbocycles. The first-order valence-corrected chi connectivity index (χ1v) is 6.93. The van der Waals surface area contributed by atoms with Gasteiger partial charge in [-0.1, -0.05) is 30.7 Å². The van der Waals surface area contributed by atoms with Crippen molar-refractivity contribution in [2.45, 2.75) is 13.5 Å². The molecule has 0 heterocycles. The van der Waals surface area contributed by atoms with Crippen molar-refractivity contribution in [2.75, 3.05) is 33.4 Å². The van der Waals surface area contributed by atoms with E-state index in [1.165, 1.54) is 0 Å². The predicted octanol–water partition coefficient (Wildman–Crippen LogP) is 1.59. The van der Waals surface area contributed by atoms with E-state index in [0.717, 1.165) is 12.1 Å². The van der Waals surface area contributed by atoms with E-state index in [4.69, 9.17) is 21.1 Å². The fourth-order valence-corrected chi connectivity index (χ4v) is 1.84. The van der Waals surface area contributed by atoms with E-state index < -0.39 is 0 Å². The highest BCUT2D eigenvalue weighted by Gasteiger charge is 2.10. The number of rotatable bonds is 9. The summed E-state index contributed by atoms with van der Waals surface area (Å²) in [6.07, 6.45) is 0. The fourth-order valence-electron chi connectivity index (χ4n) is 1.60. The van der Waals surface area contributed by atoms with E-state index in [1.807, 2.05) is 19.1 Å². The van der Waals surface area contributed by atoms with Crippen LogP contribution < -0.4 is 15.4 Å². The third-order valence-electron chi connectivity index (χ3n) is 2.59. The van der Waals surface area contributed by atoms with Crippen molar-refractivity contribution >= 4 is 17.5 Å². The number of hydrogen-bond acceptors (Lipinski definition) is 4. The lowest BCUT2D eigenvalue weighted by molar-refractivity contribution is -0.123. The lowest BCUT2D eigenvalue weighted by atomic mass is 10.2. The molecule has 5 nitrogen and oxygen atoms in total. The summed E-state index contributed by atoms with van der Waals surface area (Å²) in [6.45, 7) is 4.40. The molecular weight excluding hydrogens is 280 g/mol. The first-order valence-electron chi connectivity index (χ1n) is 6.55. The van der Waals surface area contributed by atoms with Crippen LogP contribution in [-0.2, 0) is 16.1 Å². The van der Waals surface area contributed by atoms with Crippen LogP contribution in [-0.4, -0.2) is 39.3 Å². The van der Waals surface area contributed by atoms with E-state index >= 15 is 0 Å². The first kappa shape index (κ1) is 16.8. The number of hydrogen-bond donors (Lipinski definition) is 2. The van der Waals surface area contributed by atoms with Gasteiger partial charge in [-0.25, -0.2) is 0 Å². The van der Waals surface area contributed by atoms with Gasteiger partial charge in [0.2, 0.25) is 0 Å². The minimum Gasteiger partial charge on any atom is -0.482 e. The highest BCUT2D eigenvalue weighted by atomic mass is 35.5. The third-order valence-corrected chi connectivity index (χ3v) is 2.89. The smallest absolute Gasteiger partial charge is 0.258 e. The molecule has 1 aromatic rings. The van der Waals surface area contributed by atoms with Gasteiger partial charge in [-0.2, -0.15) is 0 Å². The molecule has 0 saturated heterocycles. The number of methoxy groups -OCH3 is 1. The fraction of sp³-hybridized carbons (Fsp3) is 0.500. The van der Waals surface area contributed by atoms with E-state index in [-0.39, 0.29) is 12.5 Å². The van der Waals surface area contributed by atoms with Crippen molar-refractivity contribution in [2.24, 2.45) is 0 Å². The molecule has 2 N–H and O–H groups in total. The quantitative estimate of drug-likeness (QED) is 0.680. The number of carbonyl (C=O) groups excluding carboxylic acids is 1. The molecule has 0 atom stereocenters. The number of amides is 1. The van der Waals surface area contributed by atoms with Crippen molar-refractivity contribution in [3.8, 4) is 5.75 Å². The highest BCUT2D eigenvalue weighted by Crippen LogP contribution is 2.28.